The average Bonchev–Trinajstić information content (AvgIpc) is 2.35. The lowest BCUT2D eigenvalue weighted by molar-refractivity contribution is -0.160. The lowest BCUT2D eigenvalue weighted by Crippen LogP contribution is -2.50. The predicted octanol–water partition coefficient (Wildman–Crippen LogP) is -0.327. The Hall–Kier alpha value is -1.14. The fourth-order valence-electron chi connectivity index (χ4n) is 1.86. The van der Waals surface area contributed by atoms with Crippen LogP contribution in [0, 0.1) is 5.92 Å². The highest BCUT2D eigenvalue weighted by atomic mass is 16.5. The fraction of sp³-hybridized carbons (Fsp3) is 0.818. The molecule has 0 aromatic rings. The van der Waals surface area contributed by atoms with Gasteiger partial charge in [-0.1, -0.05) is 6.92 Å². The summed E-state index contributed by atoms with van der Waals surface area (Å²) in [7, 11) is 0. The molecule has 1 aliphatic heterocycles. The van der Waals surface area contributed by atoms with Crippen LogP contribution in [0.3, 0.4) is 0 Å². The maximum atomic E-state index is 12.0. The van der Waals surface area contributed by atoms with Gasteiger partial charge in [-0.15, -0.1) is 0 Å². The largest absolute Gasteiger partial charge is 0.479 e. The zero-order chi connectivity index (χ0) is 12.8. The number of hydrogen-bond donors (Lipinski definition) is 2. The Labute approximate surface area is 101 Å². The maximum Gasteiger partial charge on any atom is 0.334 e. The van der Waals surface area contributed by atoms with Gasteiger partial charge in [0.1, 0.15) is 0 Å². The second kappa shape index (κ2) is 6.56. The van der Waals surface area contributed by atoms with Crippen molar-refractivity contribution in [3.63, 3.8) is 0 Å². The summed E-state index contributed by atoms with van der Waals surface area (Å²) >= 11 is 0. The number of carbonyl (C=O) groups is 2. The first kappa shape index (κ1) is 13.9. The standard InChI is InChI=1S/C11H20N2O4/c1-8(3-2-4-12)10(14)13-5-6-17-9(7-13)11(15)16/h8-9H,2-7,12H2,1H3,(H,15,16). The van der Waals surface area contributed by atoms with Gasteiger partial charge in [0.2, 0.25) is 5.91 Å². The van der Waals surface area contributed by atoms with E-state index in [1.807, 2.05) is 6.92 Å². The molecule has 0 aromatic carbocycles. The van der Waals surface area contributed by atoms with Crippen molar-refractivity contribution in [3.05, 3.63) is 0 Å². The molecule has 2 atom stereocenters. The van der Waals surface area contributed by atoms with Crippen LogP contribution in [0.5, 0.6) is 0 Å². The molecule has 6 heteroatoms. The van der Waals surface area contributed by atoms with Crippen LogP contribution in [0.2, 0.25) is 0 Å². The Morgan fingerprint density at radius 3 is 2.88 bits per heavy atom. The van der Waals surface area contributed by atoms with Gasteiger partial charge in [0.15, 0.2) is 6.10 Å². The molecule has 1 aliphatic rings. The van der Waals surface area contributed by atoms with E-state index in [0.29, 0.717) is 13.1 Å². The number of carbonyl (C=O) groups excluding carboxylic acids is 1. The average molecular weight is 244 g/mol. The van der Waals surface area contributed by atoms with Gasteiger partial charge in [0, 0.05) is 12.5 Å². The van der Waals surface area contributed by atoms with Crippen molar-refractivity contribution >= 4 is 11.9 Å². The van der Waals surface area contributed by atoms with Crippen molar-refractivity contribution in [2.45, 2.75) is 25.9 Å². The number of carboxylic acids is 1. The molecule has 2 unspecified atom stereocenters. The summed E-state index contributed by atoms with van der Waals surface area (Å²) in [6.07, 6.45) is 0.652. The number of nitrogens with two attached hydrogens (primary N) is 1. The Morgan fingerprint density at radius 2 is 2.29 bits per heavy atom. The maximum absolute atomic E-state index is 12.0. The van der Waals surface area contributed by atoms with Crippen molar-refractivity contribution in [3.8, 4) is 0 Å². The summed E-state index contributed by atoms with van der Waals surface area (Å²) in [5.41, 5.74) is 5.39. The van der Waals surface area contributed by atoms with E-state index in [9.17, 15) is 9.59 Å². The van der Waals surface area contributed by atoms with Gasteiger partial charge in [-0.05, 0) is 19.4 Å². The number of amides is 1. The molecule has 0 aromatic heterocycles. The third-order valence-corrected chi connectivity index (χ3v) is 2.92. The lowest BCUT2D eigenvalue weighted by Gasteiger charge is -2.32. The van der Waals surface area contributed by atoms with Crippen LogP contribution in [-0.2, 0) is 14.3 Å². The monoisotopic (exact) mass is 244 g/mol. The fourth-order valence-corrected chi connectivity index (χ4v) is 1.86. The molecule has 6 nitrogen and oxygen atoms in total. The lowest BCUT2D eigenvalue weighted by atomic mass is 10.0. The minimum Gasteiger partial charge on any atom is -0.479 e. The third kappa shape index (κ3) is 3.98. The number of aliphatic carboxylic acids is 1. The Morgan fingerprint density at radius 1 is 1.59 bits per heavy atom. The molecule has 1 amide bonds. The molecular formula is C11H20N2O4. The van der Waals surface area contributed by atoms with Crippen molar-refractivity contribution < 1.29 is 19.4 Å². The van der Waals surface area contributed by atoms with E-state index in [1.54, 1.807) is 4.90 Å². The molecule has 0 radical (unpaired) electrons. The molecule has 0 bridgehead atoms. The van der Waals surface area contributed by atoms with Crippen LogP contribution in [0.25, 0.3) is 0 Å². The summed E-state index contributed by atoms with van der Waals surface area (Å²) < 4.78 is 5.07. The molecule has 1 saturated heterocycles. The Balaban J connectivity index is 2.48. The first-order valence-electron chi connectivity index (χ1n) is 5.89. The van der Waals surface area contributed by atoms with Crippen LogP contribution >= 0.6 is 0 Å². The summed E-state index contributed by atoms with van der Waals surface area (Å²) in [5.74, 6) is -1.13. The Kier molecular flexibility index (Phi) is 5.37. The molecule has 1 rings (SSSR count). The van der Waals surface area contributed by atoms with Gasteiger partial charge < -0.3 is 20.5 Å². The smallest absolute Gasteiger partial charge is 0.334 e. The molecule has 17 heavy (non-hydrogen) atoms. The van der Waals surface area contributed by atoms with Crippen LogP contribution in [-0.4, -0.2) is 54.2 Å². The summed E-state index contributed by atoms with van der Waals surface area (Å²) in [6, 6.07) is 0. The van der Waals surface area contributed by atoms with Gasteiger partial charge in [0.25, 0.3) is 0 Å². The summed E-state index contributed by atoms with van der Waals surface area (Å²) in [5, 5.41) is 8.84. The molecule has 98 valence electrons. The SMILES string of the molecule is CC(CCCN)C(=O)N1CCOC(C(=O)O)C1. The van der Waals surface area contributed by atoms with Crippen molar-refractivity contribution in [2.24, 2.45) is 11.7 Å². The minimum atomic E-state index is -1.02. The van der Waals surface area contributed by atoms with E-state index in [-0.39, 0.29) is 25.0 Å². The first-order chi connectivity index (χ1) is 8.06. The highest BCUT2D eigenvalue weighted by Gasteiger charge is 2.30. The van der Waals surface area contributed by atoms with Gasteiger partial charge in [-0.2, -0.15) is 0 Å². The molecule has 1 heterocycles. The second-order valence-electron chi connectivity index (χ2n) is 4.31. The van der Waals surface area contributed by atoms with E-state index in [4.69, 9.17) is 15.6 Å². The molecule has 1 fully saturated rings. The number of carboxylic acid groups (broad SMARTS) is 1. The van der Waals surface area contributed by atoms with E-state index in [0.717, 1.165) is 12.8 Å². The first-order valence-corrected chi connectivity index (χ1v) is 5.89. The van der Waals surface area contributed by atoms with Crippen LogP contribution in [0.1, 0.15) is 19.8 Å². The van der Waals surface area contributed by atoms with Gasteiger partial charge >= 0.3 is 5.97 Å². The molecule has 0 saturated carbocycles. The van der Waals surface area contributed by atoms with E-state index in [2.05, 4.69) is 0 Å². The predicted molar refractivity (Wildman–Crippen MR) is 61.4 cm³/mol. The number of hydrogen-bond acceptors (Lipinski definition) is 4. The third-order valence-electron chi connectivity index (χ3n) is 2.92. The highest BCUT2D eigenvalue weighted by molar-refractivity contribution is 5.80. The van der Waals surface area contributed by atoms with Crippen molar-refractivity contribution in [2.75, 3.05) is 26.2 Å². The quantitative estimate of drug-likeness (QED) is 0.691. The van der Waals surface area contributed by atoms with Gasteiger partial charge in [-0.25, -0.2) is 4.79 Å². The Bertz CT molecular complexity index is 283. The normalized spacial score (nSPS) is 22.2. The van der Waals surface area contributed by atoms with E-state index < -0.39 is 12.1 Å². The zero-order valence-corrected chi connectivity index (χ0v) is 10.1. The highest BCUT2D eigenvalue weighted by Crippen LogP contribution is 2.13. The van der Waals surface area contributed by atoms with E-state index in [1.165, 1.54) is 0 Å². The molecule has 0 aliphatic carbocycles. The number of nitrogens with zero attached hydrogens (tertiary/aromatic N) is 1. The van der Waals surface area contributed by atoms with Gasteiger partial charge in [0.05, 0.1) is 13.2 Å². The van der Waals surface area contributed by atoms with E-state index >= 15 is 0 Å². The van der Waals surface area contributed by atoms with Crippen molar-refractivity contribution in [1.29, 1.82) is 0 Å². The number of rotatable bonds is 5. The molecule has 3 N–H and O–H groups in total. The summed E-state index contributed by atoms with van der Waals surface area (Å²) in [6.45, 7) is 3.31. The minimum absolute atomic E-state index is 0.00648. The summed E-state index contributed by atoms with van der Waals surface area (Å²) in [4.78, 5) is 24.4. The van der Waals surface area contributed by atoms with Crippen LogP contribution in [0.4, 0.5) is 0 Å². The molecule has 0 spiro atoms. The van der Waals surface area contributed by atoms with Crippen molar-refractivity contribution in [1.82, 2.24) is 4.90 Å². The van der Waals surface area contributed by atoms with Crippen LogP contribution in [0.15, 0.2) is 0 Å². The topological polar surface area (TPSA) is 92.9 Å². The second-order valence-corrected chi connectivity index (χ2v) is 4.31. The molecular weight excluding hydrogens is 224 g/mol. The zero-order valence-electron chi connectivity index (χ0n) is 10.1. The number of ether oxygens (including phenoxy) is 1. The number of morpholine rings is 1. The van der Waals surface area contributed by atoms with Gasteiger partial charge in [-0.3, -0.25) is 4.79 Å². The van der Waals surface area contributed by atoms with Crippen LogP contribution < -0.4 is 5.73 Å².